The Morgan fingerprint density at radius 3 is 2.78 bits per heavy atom. The molecule has 1 amide bonds. The molecule has 120 valence electrons. The predicted molar refractivity (Wildman–Crippen MR) is 92.6 cm³/mol. The third-order valence-corrected chi connectivity index (χ3v) is 4.33. The van der Waals surface area contributed by atoms with Crippen LogP contribution in [0.15, 0.2) is 47.4 Å². The van der Waals surface area contributed by atoms with Crippen LogP contribution in [0.25, 0.3) is 0 Å². The molecule has 0 spiro atoms. The van der Waals surface area contributed by atoms with Crippen LogP contribution in [0.3, 0.4) is 0 Å². The highest BCUT2D eigenvalue weighted by atomic mass is 32.2. The van der Waals surface area contributed by atoms with Crippen molar-refractivity contribution in [1.82, 2.24) is 0 Å². The molecule has 0 atom stereocenters. The summed E-state index contributed by atoms with van der Waals surface area (Å²) in [6, 6.07) is 13.7. The molecule has 1 heterocycles. The Labute approximate surface area is 140 Å². The van der Waals surface area contributed by atoms with Crippen LogP contribution in [0.5, 0.6) is 11.5 Å². The fraction of sp³-hybridized carbons (Fsp3) is 0.278. The Kier molecular flexibility index (Phi) is 5.08. The molecular formula is C18H19NO3S. The molecule has 0 saturated carbocycles. The van der Waals surface area contributed by atoms with Crippen molar-refractivity contribution in [3.63, 3.8) is 0 Å². The number of nitrogens with one attached hydrogen (secondary N) is 1. The summed E-state index contributed by atoms with van der Waals surface area (Å²) in [5, 5.41) is 2.94. The number of carbonyl (C=O) groups excluding carboxylic acids is 1. The number of aryl methyl sites for hydroxylation is 1. The first-order valence-electron chi connectivity index (χ1n) is 7.57. The second kappa shape index (κ2) is 7.42. The fourth-order valence-corrected chi connectivity index (χ4v) is 2.88. The summed E-state index contributed by atoms with van der Waals surface area (Å²) in [5.41, 5.74) is 1.91. The van der Waals surface area contributed by atoms with Crippen molar-refractivity contribution in [2.24, 2.45) is 0 Å². The van der Waals surface area contributed by atoms with E-state index in [1.54, 1.807) is 11.8 Å². The van der Waals surface area contributed by atoms with E-state index in [9.17, 15) is 4.79 Å². The molecule has 0 aromatic heterocycles. The fourth-order valence-electron chi connectivity index (χ4n) is 2.43. The van der Waals surface area contributed by atoms with Gasteiger partial charge in [-0.15, -0.1) is 11.8 Å². The van der Waals surface area contributed by atoms with Crippen molar-refractivity contribution in [2.75, 3.05) is 24.8 Å². The molecule has 23 heavy (non-hydrogen) atoms. The molecule has 0 radical (unpaired) electrons. The molecule has 0 aliphatic carbocycles. The van der Waals surface area contributed by atoms with Gasteiger partial charge in [-0.2, -0.15) is 0 Å². The van der Waals surface area contributed by atoms with Gasteiger partial charge in [0.1, 0.15) is 13.2 Å². The lowest BCUT2D eigenvalue weighted by atomic mass is 10.1. The lowest BCUT2D eigenvalue weighted by molar-refractivity contribution is -0.116. The van der Waals surface area contributed by atoms with Crippen LogP contribution in [0.2, 0.25) is 0 Å². The Hall–Kier alpha value is -2.14. The van der Waals surface area contributed by atoms with E-state index in [-0.39, 0.29) is 5.91 Å². The zero-order valence-electron chi connectivity index (χ0n) is 13.0. The van der Waals surface area contributed by atoms with E-state index in [0.717, 1.165) is 27.6 Å². The lowest BCUT2D eigenvalue weighted by Crippen LogP contribution is -2.15. The van der Waals surface area contributed by atoms with E-state index in [1.165, 1.54) is 0 Å². The largest absolute Gasteiger partial charge is 0.486 e. The Balaban J connectivity index is 1.56. The first-order chi connectivity index (χ1) is 11.2. The molecule has 2 aromatic carbocycles. The Morgan fingerprint density at radius 1 is 1.13 bits per heavy atom. The minimum Gasteiger partial charge on any atom is -0.486 e. The van der Waals surface area contributed by atoms with Gasteiger partial charge in [-0.05, 0) is 48.6 Å². The number of anilines is 1. The zero-order chi connectivity index (χ0) is 16.1. The first-order valence-corrected chi connectivity index (χ1v) is 8.79. The minimum atomic E-state index is 0.0122. The van der Waals surface area contributed by atoms with E-state index < -0.39 is 0 Å². The number of carbonyl (C=O) groups is 1. The molecule has 5 heteroatoms. The number of hydrogen-bond donors (Lipinski definition) is 1. The van der Waals surface area contributed by atoms with Crippen LogP contribution in [-0.2, 0) is 11.2 Å². The molecular weight excluding hydrogens is 310 g/mol. The van der Waals surface area contributed by atoms with Crippen LogP contribution in [-0.4, -0.2) is 25.4 Å². The van der Waals surface area contributed by atoms with Gasteiger partial charge in [0.05, 0.1) is 0 Å². The molecule has 3 rings (SSSR count). The number of ether oxygens (including phenoxy) is 2. The van der Waals surface area contributed by atoms with Crippen molar-refractivity contribution in [3.8, 4) is 11.5 Å². The molecule has 2 aromatic rings. The summed E-state index contributed by atoms with van der Waals surface area (Å²) in [5.74, 6) is 1.55. The van der Waals surface area contributed by atoms with E-state index in [1.807, 2.05) is 48.7 Å². The number of hydrogen-bond acceptors (Lipinski definition) is 4. The van der Waals surface area contributed by atoms with Crippen LogP contribution >= 0.6 is 11.8 Å². The Bertz CT molecular complexity index is 702. The van der Waals surface area contributed by atoms with Crippen molar-refractivity contribution in [1.29, 1.82) is 0 Å². The standard InChI is InChI=1S/C18H19NO3S/c1-23-15-4-2-3-14(12-15)19-18(20)8-6-13-5-7-16-17(11-13)22-10-9-21-16/h2-5,7,11-12H,6,8-10H2,1H3,(H,19,20). The minimum absolute atomic E-state index is 0.0122. The average Bonchev–Trinajstić information content (AvgIpc) is 2.60. The summed E-state index contributed by atoms with van der Waals surface area (Å²) in [6.07, 6.45) is 3.12. The van der Waals surface area contributed by atoms with Crippen molar-refractivity contribution >= 4 is 23.4 Å². The molecule has 0 unspecified atom stereocenters. The normalized spacial score (nSPS) is 12.7. The van der Waals surface area contributed by atoms with Crippen LogP contribution in [0, 0.1) is 0 Å². The van der Waals surface area contributed by atoms with E-state index in [0.29, 0.717) is 26.1 Å². The molecule has 0 fully saturated rings. The molecule has 1 N–H and O–H groups in total. The van der Waals surface area contributed by atoms with Crippen molar-refractivity contribution in [2.45, 2.75) is 17.7 Å². The number of thioether (sulfide) groups is 1. The highest BCUT2D eigenvalue weighted by Crippen LogP contribution is 2.31. The van der Waals surface area contributed by atoms with Gasteiger partial charge < -0.3 is 14.8 Å². The number of amides is 1. The van der Waals surface area contributed by atoms with Gasteiger partial charge in [0.25, 0.3) is 0 Å². The maximum Gasteiger partial charge on any atom is 0.224 e. The number of benzene rings is 2. The third-order valence-electron chi connectivity index (χ3n) is 3.60. The summed E-state index contributed by atoms with van der Waals surface area (Å²) in [4.78, 5) is 13.2. The summed E-state index contributed by atoms with van der Waals surface area (Å²) in [7, 11) is 0. The zero-order valence-corrected chi connectivity index (χ0v) is 13.8. The van der Waals surface area contributed by atoms with Crippen molar-refractivity contribution in [3.05, 3.63) is 48.0 Å². The highest BCUT2D eigenvalue weighted by Gasteiger charge is 2.12. The van der Waals surface area contributed by atoms with Gasteiger partial charge in [-0.3, -0.25) is 4.79 Å². The molecule has 4 nitrogen and oxygen atoms in total. The summed E-state index contributed by atoms with van der Waals surface area (Å²) < 4.78 is 11.1. The summed E-state index contributed by atoms with van der Waals surface area (Å²) >= 11 is 1.66. The predicted octanol–water partition coefficient (Wildman–Crippen LogP) is 3.75. The van der Waals surface area contributed by atoms with Crippen LogP contribution in [0.1, 0.15) is 12.0 Å². The molecule has 0 saturated heterocycles. The number of rotatable bonds is 5. The highest BCUT2D eigenvalue weighted by molar-refractivity contribution is 7.98. The number of fused-ring (bicyclic) bond motifs is 1. The molecule has 1 aliphatic heterocycles. The van der Waals surface area contributed by atoms with E-state index in [2.05, 4.69) is 5.32 Å². The van der Waals surface area contributed by atoms with Gasteiger partial charge in [-0.1, -0.05) is 12.1 Å². The smallest absolute Gasteiger partial charge is 0.224 e. The second-order valence-electron chi connectivity index (χ2n) is 5.26. The van der Waals surface area contributed by atoms with Crippen molar-refractivity contribution < 1.29 is 14.3 Å². The molecule has 1 aliphatic rings. The maximum absolute atomic E-state index is 12.1. The average molecular weight is 329 g/mol. The third kappa shape index (κ3) is 4.20. The van der Waals surface area contributed by atoms with E-state index in [4.69, 9.17) is 9.47 Å². The van der Waals surface area contributed by atoms with Gasteiger partial charge in [0.2, 0.25) is 5.91 Å². The maximum atomic E-state index is 12.1. The van der Waals surface area contributed by atoms with Crippen LogP contribution < -0.4 is 14.8 Å². The molecule has 0 bridgehead atoms. The SMILES string of the molecule is CSc1cccc(NC(=O)CCc2ccc3c(c2)OCCO3)c1. The second-order valence-corrected chi connectivity index (χ2v) is 6.14. The van der Waals surface area contributed by atoms with Crippen LogP contribution in [0.4, 0.5) is 5.69 Å². The van der Waals surface area contributed by atoms with Gasteiger partial charge in [0.15, 0.2) is 11.5 Å². The van der Waals surface area contributed by atoms with Gasteiger partial charge >= 0.3 is 0 Å². The lowest BCUT2D eigenvalue weighted by Gasteiger charge is -2.18. The topological polar surface area (TPSA) is 47.6 Å². The Morgan fingerprint density at radius 2 is 1.96 bits per heavy atom. The van der Waals surface area contributed by atoms with Gasteiger partial charge in [-0.25, -0.2) is 0 Å². The summed E-state index contributed by atoms with van der Waals surface area (Å²) in [6.45, 7) is 1.16. The quantitative estimate of drug-likeness (QED) is 0.849. The monoisotopic (exact) mass is 329 g/mol. The van der Waals surface area contributed by atoms with E-state index >= 15 is 0 Å². The van der Waals surface area contributed by atoms with Gasteiger partial charge in [0, 0.05) is 17.0 Å². The first kappa shape index (κ1) is 15.7.